The Kier molecular flexibility index (Phi) is 6.89. The molecule has 106 valence electrons. The number of benzene rings is 1. The second kappa shape index (κ2) is 7.92. The number of nitrogens with two attached hydrogens (primary N) is 1. The number of carbonyl (C=O) groups excluding carboxylic acids is 1. The summed E-state index contributed by atoms with van der Waals surface area (Å²) in [5, 5.41) is 3.75. The summed E-state index contributed by atoms with van der Waals surface area (Å²) < 4.78 is 0. The van der Waals surface area contributed by atoms with E-state index in [9.17, 15) is 4.79 Å². The first-order valence-corrected chi connectivity index (χ1v) is 6.90. The van der Waals surface area contributed by atoms with Crippen molar-refractivity contribution in [2.45, 2.75) is 6.42 Å². The number of halogens is 3. The van der Waals surface area contributed by atoms with Crippen molar-refractivity contribution in [3.05, 3.63) is 27.2 Å². The fourth-order valence-electron chi connectivity index (χ4n) is 1.49. The van der Waals surface area contributed by atoms with Gasteiger partial charge in [0.2, 0.25) is 5.91 Å². The molecule has 0 bridgehead atoms. The van der Waals surface area contributed by atoms with Crippen LogP contribution in [0.4, 0.5) is 5.69 Å². The van der Waals surface area contributed by atoms with E-state index in [-0.39, 0.29) is 12.5 Å². The number of rotatable bonds is 6. The van der Waals surface area contributed by atoms with Crippen LogP contribution in [0.2, 0.25) is 15.1 Å². The summed E-state index contributed by atoms with van der Waals surface area (Å²) in [6, 6.07) is 3.03. The average molecular weight is 325 g/mol. The predicted octanol–water partition coefficient (Wildman–Crippen LogP) is 2.87. The molecule has 0 saturated heterocycles. The molecule has 0 fully saturated rings. The molecule has 7 heteroatoms. The van der Waals surface area contributed by atoms with Gasteiger partial charge < -0.3 is 11.1 Å². The molecule has 0 aromatic heterocycles. The molecular formula is C12H16Cl3N3O. The molecule has 0 spiro atoms. The van der Waals surface area contributed by atoms with E-state index in [1.165, 1.54) is 12.1 Å². The van der Waals surface area contributed by atoms with Crippen molar-refractivity contribution in [1.29, 1.82) is 0 Å². The fraction of sp³-hybridized carbons (Fsp3) is 0.417. The van der Waals surface area contributed by atoms with Gasteiger partial charge in [-0.05, 0) is 38.7 Å². The minimum atomic E-state index is -0.167. The molecule has 0 unspecified atom stereocenters. The highest BCUT2D eigenvalue weighted by molar-refractivity contribution is 6.44. The van der Waals surface area contributed by atoms with Crippen LogP contribution >= 0.6 is 34.8 Å². The van der Waals surface area contributed by atoms with Gasteiger partial charge in [0.15, 0.2) is 0 Å². The van der Waals surface area contributed by atoms with Gasteiger partial charge in [-0.1, -0.05) is 34.8 Å². The van der Waals surface area contributed by atoms with Gasteiger partial charge in [-0.3, -0.25) is 9.69 Å². The first-order valence-electron chi connectivity index (χ1n) is 5.77. The molecule has 4 nitrogen and oxygen atoms in total. The Hall–Kier alpha value is -0.520. The number of hydrogen-bond donors (Lipinski definition) is 2. The number of hydrogen-bond acceptors (Lipinski definition) is 3. The van der Waals surface area contributed by atoms with Crippen LogP contribution in [-0.2, 0) is 4.79 Å². The van der Waals surface area contributed by atoms with Crippen LogP contribution in [0.1, 0.15) is 6.42 Å². The molecule has 19 heavy (non-hydrogen) atoms. The predicted molar refractivity (Wildman–Crippen MR) is 81.3 cm³/mol. The van der Waals surface area contributed by atoms with Gasteiger partial charge in [-0.25, -0.2) is 0 Å². The van der Waals surface area contributed by atoms with Crippen molar-refractivity contribution >= 4 is 46.4 Å². The number of nitrogens with one attached hydrogen (secondary N) is 1. The molecule has 1 rings (SSSR count). The van der Waals surface area contributed by atoms with Crippen molar-refractivity contribution in [1.82, 2.24) is 4.90 Å². The Morgan fingerprint density at radius 3 is 2.53 bits per heavy atom. The quantitative estimate of drug-likeness (QED) is 0.791. The largest absolute Gasteiger partial charge is 0.330 e. The first kappa shape index (κ1) is 16.5. The maximum absolute atomic E-state index is 11.8. The zero-order valence-corrected chi connectivity index (χ0v) is 12.8. The molecular weight excluding hydrogens is 309 g/mol. The van der Waals surface area contributed by atoms with Gasteiger partial charge in [0.25, 0.3) is 0 Å². The van der Waals surface area contributed by atoms with E-state index in [0.29, 0.717) is 27.3 Å². The molecule has 0 heterocycles. The fourth-order valence-corrected chi connectivity index (χ4v) is 2.09. The summed E-state index contributed by atoms with van der Waals surface area (Å²) in [6.45, 7) is 1.63. The minimum absolute atomic E-state index is 0.167. The van der Waals surface area contributed by atoms with Crippen molar-refractivity contribution in [3.8, 4) is 0 Å². The Morgan fingerprint density at radius 2 is 1.89 bits per heavy atom. The van der Waals surface area contributed by atoms with Crippen LogP contribution < -0.4 is 11.1 Å². The van der Waals surface area contributed by atoms with Gasteiger partial charge in [-0.2, -0.15) is 0 Å². The van der Waals surface area contributed by atoms with Crippen LogP contribution in [0, 0.1) is 0 Å². The topological polar surface area (TPSA) is 58.4 Å². The first-order chi connectivity index (χ1) is 8.93. The summed E-state index contributed by atoms with van der Waals surface area (Å²) >= 11 is 17.7. The zero-order valence-electron chi connectivity index (χ0n) is 10.5. The molecule has 0 aliphatic carbocycles. The van der Waals surface area contributed by atoms with Gasteiger partial charge >= 0.3 is 0 Å². The molecule has 0 saturated carbocycles. The summed E-state index contributed by atoms with van der Waals surface area (Å²) in [7, 11) is 1.85. The number of carbonyl (C=O) groups is 1. The number of amides is 1. The van der Waals surface area contributed by atoms with E-state index in [0.717, 1.165) is 13.0 Å². The normalized spacial score (nSPS) is 10.8. The minimum Gasteiger partial charge on any atom is -0.330 e. The lowest BCUT2D eigenvalue weighted by Crippen LogP contribution is -2.31. The third kappa shape index (κ3) is 5.55. The van der Waals surface area contributed by atoms with Crippen LogP contribution in [0.3, 0.4) is 0 Å². The highest BCUT2D eigenvalue weighted by atomic mass is 35.5. The van der Waals surface area contributed by atoms with Crippen molar-refractivity contribution in [3.63, 3.8) is 0 Å². The molecule has 3 N–H and O–H groups in total. The third-order valence-corrected chi connectivity index (χ3v) is 3.48. The highest BCUT2D eigenvalue weighted by Gasteiger charge is 2.11. The lowest BCUT2D eigenvalue weighted by atomic mass is 10.3. The van der Waals surface area contributed by atoms with Crippen LogP contribution in [0.5, 0.6) is 0 Å². The Labute approximate surface area is 127 Å². The Balaban J connectivity index is 2.59. The molecule has 0 aliphatic rings. The third-order valence-electron chi connectivity index (χ3n) is 2.44. The maximum Gasteiger partial charge on any atom is 0.238 e. The molecule has 1 aromatic carbocycles. The standard InChI is InChI=1S/C12H16Cl3N3O/c1-18(4-2-3-16)7-12(19)17-11-6-9(14)8(13)5-10(11)15/h5-6H,2-4,7,16H2,1H3,(H,17,19). The number of anilines is 1. The summed E-state index contributed by atoms with van der Waals surface area (Å²) in [5.74, 6) is -0.167. The second-order valence-electron chi connectivity index (χ2n) is 4.17. The van der Waals surface area contributed by atoms with E-state index < -0.39 is 0 Å². The van der Waals surface area contributed by atoms with E-state index in [4.69, 9.17) is 40.5 Å². The number of likely N-dealkylation sites (N-methyl/N-ethyl adjacent to an activating group) is 1. The summed E-state index contributed by atoms with van der Waals surface area (Å²) in [6.07, 6.45) is 0.845. The van der Waals surface area contributed by atoms with E-state index in [2.05, 4.69) is 5.32 Å². The highest BCUT2D eigenvalue weighted by Crippen LogP contribution is 2.32. The van der Waals surface area contributed by atoms with E-state index in [1.807, 2.05) is 11.9 Å². The van der Waals surface area contributed by atoms with Crippen LogP contribution in [-0.4, -0.2) is 37.5 Å². The van der Waals surface area contributed by atoms with Crippen molar-refractivity contribution in [2.75, 3.05) is 32.0 Å². The second-order valence-corrected chi connectivity index (χ2v) is 5.40. The Morgan fingerprint density at radius 1 is 1.26 bits per heavy atom. The van der Waals surface area contributed by atoms with Crippen LogP contribution in [0.25, 0.3) is 0 Å². The van der Waals surface area contributed by atoms with Gasteiger partial charge in [0.05, 0.1) is 27.3 Å². The molecule has 0 atom stereocenters. The molecule has 0 radical (unpaired) electrons. The van der Waals surface area contributed by atoms with Crippen molar-refractivity contribution in [2.24, 2.45) is 5.73 Å². The number of nitrogens with zero attached hydrogens (tertiary/aromatic N) is 1. The van der Waals surface area contributed by atoms with E-state index in [1.54, 1.807) is 0 Å². The van der Waals surface area contributed by atoms with Crippen molar-refractivity contribution < 1.29 is 4.79 Å². The average Bonchev–Trinajstić information content (AvgIpc) is 2.33. The molecule has 0 aliphatic heterocycles. The van der Waals surface area contributed by atoms with E-state index >= 15 is 0 Å². The molecule has 1 amide bonds. The summed E-state index contributed by atoms with van der Waals surface area (Å²) in [4.78, 5) is 13.7. The smallest absolute Gasteiger partial charge is 0.238 e. The summed E-state index contributed by atoms with van der Waals surface area (Å²) in [5.41, 5.74) is 5.86. The van der Waals surface area contributed by atoms with Gasteiger partial charge in [0.1, 0.15) is 0 Å². The monoisotopic (exact) mass is 323 g/mol. The SMILES string of the molecule is CN(CCCN)CC(=O)Nc1cc(Cl)c(Cl)cc1Cl. The Bertz CT molecular complexity index is 454. The van der Waals surface area contributed by atoms with Gasteiger partial charge in [-0.15, -0.1) is 0 Å². The lowest BCUT2D eigenvalue weighted by molar-refractivity contribution is -0.117. The molecule has 1 aromatic rings. The maximum atomic E-state index is 11.8. The lowest BCUT2D eigenvalue weighted by Gasteiger charge is -2.16. The zero-order chi connectivity index (χ0) is 14.4. The van der Waals surface area contributed by atoms with Crippen LogP contribution in [0.15, 0.2) is 12.1 Å². The van der Waals surface area contributed by atoms with Gasteiger partial charge in [0, 0.05) is 0 Å².